The summed E-state index contributed by atoms with van der Waals surface area (Å²) in [5.74, 6) is -4.03. The molecule has 0 fully saturated rings. The maximum Gasteiger partial charge on any atom is 0.416 e. The Hall–Kier alpha value is -10.1. The molecule has 0 bridgehead atoms. The summed E-state index contributed by atoms with van der Waals surface area (Å²) in [7, 11) is 0. The van der Waals surface area contributed by atoms with E-state index in [-0.39, 0.29) is 29.7 Å². The van der Waals surface area contributed by atoms with Crippen LogP contribution in [-0.2, 0) is 30.9 Å². The SMILES string of the molecule is [2H]c1c([2H])c(C(F)(F)F)c([2H])c([2H])c1OC(CC([2H])([2H])NC([2H])([2H])[2H])c1ccccc1.[2H]c1c([2H])c(C(F)(F)F)c([2H])c([2H])c1OC(CCNC([2H])([2H])[2H])c1ccccc1.[2H]c1c([2H])c(C(F)(F)F)c([2H])c([2H])c1OC(c1ccccc1)C([2H])([2H])C([2H])([2H])NC([2H])([2H])[2H].[2H]c1c([2H])c(C(F)(F)F)c([2H])c([2H])c1OC(c1ccccc1)C([2H])([2H])CNC([2H])([2H])[2H].[2H]c1c([2H])c([2H])c(C([2H])(Oc2ccc(C(F)(F)F)cc2)C([2H])([2H])C([2H])([2H])NC([2H])([2H])[2H])c([2H])c1[2H]. The van der Waals surface area contributed by atoms with Crippen molar-refractivity contribution < 1.29 is 157 Å². The van der Waals surface area contributed by atoms with Gasteiger partial charge in [-0.2, -0.15) is 65.9 Å². The summed E-state index contributed by atoms with van der Waals surface area (Å²) in [6, 6.07) is 7.57. The van der Waals surface area contributed by atoms with Gasteiger partial charge in [0, 0.05) is 69.0 Å². The Bertz CT molecular complexity index is 6520. The number of nitrogens with one attached hydrogen (secondary N) is 5. The first-order valence-corrected chi connectivity index (χ1v) is 30.7. The molecule has 5 atom stereocenters. The van der Waals surface area contributed by atoms with E-state index in [0.29, 0.717) is 29.8 Å². The van der Waals surface area contributed by atoms with Crippen LogP contribution in [-0.4, -0.2) is 67.5 Å². The van der Waals surface area contributed by atoms with Crippen molar-refractivity contribution in [2.45, 2.75) is 93.3 Å². The molecule has 10 aromatic rings. The first-order chi connectivity index (χ1) is 71.8. The fourth-order valence-electron chi connectivity index (χ4n) is 8.06. The average molecular weight is 1600 g/mol. The van der Waals surface area contributed by atoms with Crippen LogP contribution in [0.25, 0.3) is 0 Å². The summed E-state index contributed by atoms with van der Waals surface area (Å²) in [5, 5.41) is 8.98. The summed E-state index contributed by atoms with van der Waals surface area (Å²) in [6.45, 7) is -24.7. The summed E-state index contributed by atoms with van der Waals surface area (Å²) in [6.07, 6.45) is -45.0. The smallest absolute Gasteiger partial charge is 0.416 e. The summed E-state index contributed by atoms with van der Waals surface area (Å²) < 4.78 is 601. The molecule has 0 aromatic heterocycles. The monoisotopic (exact) mass is 1590 g/mol. The van der Waals surface area contributed by atoms with Gasteiger partial charge in [-0.15, -0.1) is 0 Å². The molecular weight excluding hydrogens is 1460 g/mol. The van der Waals surface area contributed by atoms with Crippen LogP contribution >= 0.6 is 0 Å². The van der Waals surface area contributed by atoms with Crippen molar-refractivity contribution >= 4 is 0 Å². The number of alkyl halides is 15. The first kappa shape index (κ1) is 41.3. The highest BCUT2D eigenvalue weighted by Gasteiger charge is 2.34. The zero-order chi connectivity index (χ0) is 122. The molecule has 5 unspecified atom stereocenters. The second kappa shape index (κ2) is 45.2. The maximum absolute atomic E-state index is 13.2. The van der Waals surface area contributed by atoms with E-state index in [1.54, 1.807) is 59.9 Å². The van der Waals surface area contributed by atoms with E-state index < -0.39 is 337 Å². The van der Waals surface area contributed by atoms with E-state index in [0.717, 1.165) is 0 Å². The Labute approximate surface area is 701 Å². The standard InChI is InChI=1S/5C17H18F3NO/c5*1-21-12-11-16(13-5-3-2-4-6-13)22-15-9-7-14(8-10-15)17(18,19)20/h5*2-10,16,21H,11-12H2,1H3/i1D3,2D,3D,4D,5D,6D,11D2,12D2,16D;1D3,7D,8D,9D,10D,11D2,12D2;1D3,7D,8D,9D,10D,12D2;1D3,7D,8D,9D,10D,11D2;1D3,7D,8D,9D,10D. The number of halogens is 15. The summed E-state index contributed by atoms with van der Waals surface area (Å²) in [4.78, 5) is 0. The van der Waals surface area contributed by atoms with Crippen LogP contribution in [0.15, 0.2) is 272 Å². The molecule has 0 aliphatic rings. The minimum Gasteiger partial charge on any atom is -0.486 e. The van der Waals surface area contributed by atoms with Crippen LogP contribution in [0.5, 0.6) is 28.7 Å². The zero-order valence-electron chi connectivity index (χ0n) is 105. The third kappa shape index (κ3) is 31.9. The molecule has 0 amide bonds. The van der Waals surface area contributed by atoms with Gasteiger partial charge in [-0.05, 0) is 216 Å². The largest absolute Gasteiger partial charge is 0.486 e. The first-order valence-electron chi connectivity index (χ1n) is 55.2. The zero-order valence-corrected chi connectivity index (χ0v) is 55.7. The van der Waals surface area contributed by atoms with Gasteiger partial charge in [0.2, 0.25) is 0 Å². The fourth-order valence-corrected chi connectivity index (χ4v) is 8.06. The molecule has 590 valence electrons. The van der Waals surface area contributed by atoms with Crippen molar-refractivity contribution in [3.8, 4) is 28.7 Å². The molecule has 0 aliphatic heterocycles. The van der Waals surface area contributed by atoms with Gasteiger partial charge in [-0.25, -0.2) is 0 Å². The van der Waals surface area contributed by atoms with Gasteiger partial charge in [-0.3, -0.25) is 0 Å². The summed E-state index contributed by atoms with van der Waals surface area (Å²) >= 11 is 0. The van der Waals surface area contributed by atoms with Crippen LogP contribution in [0.4, 0.5) is 65.9 Å². The number of hydrogen-bond donors (Lipinski definition) is 5. The number of ether oxygens (including phenoxy) is 5. The molecule has 10 nitrogen and oxygen atoms in total. The van der Waals surface area contributed by atoms with E-state index in [9.17, 15) is 65.9 Å². The van der Waals surface area contributed by atoms with Crippen molar-refractivity contribution in [3.63, 3.8) is 0 Å². The second-order valence-corrected chi connectivity index (χ2v) is 20.7. The lowest BCUT2D eigenvalue weighted by atomic mass is 10.1. The quantitative estimate of drug-likeness (QED) is 0.0280. The number of hydrogen-bond acceptors (Lipinski definition) is 10. The molecule has 0 spiro atoms. The third-order valence-corrected chi connectivity index (χ3v) is 13.0. The molecule has 10 rings (SSSR count). The Kier molecular flexibility index (Phi) is 17.0. The van der Waals surface area contributed by atoms with Gasteiger partial charge in [0.15, 0.2) is 0 Å². The molecule has 110 heavy (non-hydrogen) atoms. The van der Waals surface area contributed by atoms with Gasteiger partial charge in [0.1, 0.15) is 59.2 Å². The highest BCUT2D eigenvalue weighted by Crippen LogP contribution is 2.38. The lowest BCUT2D eigenvalue weighted by Gasteiger charge is -2.20. The van der Waals surface area contributed by atoms with Crippen LogP contribution in [0.1, 0.15) is 185 Å². The molecule has 0 saturated heterocycles. The van der Waals surface area contributed by atoms with E-state index in [1.165, 1.54) is 77.4 Å². The van der Waals surface area contributed by atoms with Gasteiger partial charge < -0.3 is 50.3 Å². The van der Waals surface area contributed by atoms with Crippen molar-refractivity contribution in [2.24, 2.45) is 0 Å². The molecule has 0 aliphatic carbocycles. The Morgan fingerprint density at radius 1 is 0.291 bits per heavy atom. The van der Waals surface area contributed by atoms with E-state index in [4.69, 9.17) is 90.9 Å². The molecule has 25 heteroatoms. The minimum absolute atomic E-state index is 0.0428. The molecular formula is C85H90F15N5O5. The van der Waals surface area contributed by atoms with Crippen LogP contribution < -0.4 is 50.3 Å². The minimum atomic E-state index is -5.22. The van der Waals surface area contributed by atoms with Crippen molar-refractivity contribution in [3.05, 3.63) is 328 Å². The Balaban J connectivity index is 0.000000302. The third-order valence-electron chi connectivity index (χ3n) is 13.0. The van der Waals surface area contributed by atoms with Crippen molar-refractivity contribution in [1.82, 2.24) is 26.6 Å². The van der Waals surface area contributed by atoms with Gasteiger partial charge in [0.05, 0.1) is 58.0 Å². The molecule has 10 aromatic carbocycles. The Morgan fingerprint density at radius 2 is 0.600 bits per heavy atom. The van der Waals surface area contributed by atoms with Crippen molar-refractivity contribution in [2.75, 3.05) is 67.5 Å². The number of rotatable bonds is 30. The van der Waals surface area contributed by atoms with Gasteiger partial charge in [0.25, 0.3) is 0 Å². The second-order valence-electron chi connectivity index (χ2n) is 20.7. The normalized spacial score (nSPS) is 21.0. The van der Waals surface area contributed by atoms with Gasteiger partial charge >= 0.3 is 30.9 Å². The van der Waals surface area contributed by atoms with Crippen LogP contribution in [0, 0.1) is 0 Å². The maximum atomic E-state index is 13.2. The predicted molar refractivity (Wildman–Crippen MR) is 399 cm³/mol. The molecule has 0 saturated carbocycles. The van der Waals surface area contributed by atoms with Crippen LogP contribution in [0.3, 0.4) is 0 Å². The van der Waals surface area contributed by atoms with Gasteiger partial charge in [-0.1, -0.05) is 152 Å². The topological polar surface area (TPSA) is 106 Å². The molecule has 0 heterocycles. The predicted octanol–water partition coefficient (Wildman–Crippen LogP) is 22.2. The van der Waals surface area contributed by atoms with Crippen LogP contribution in [0.2, 0.25) is 0 Å². The Morgan fingerprint density at radius 3 is 0.955 bits per heavy atom. The fraction of sp³-hybridized carbons (Fsp3) is 0.294. The lowest BCUT2D eigenvalue weighted by molar-refractivity contribution is -0.138. The lowest BCUT2D eigenvalue weighted by Crippen LogP contribution is -2.16. The van der Waals surface area contributed by atoms with E-state index >= 15 is 0 Å². The van der Waals surface area contributed by atoms with E-state index in [2.05, 4.69) is 5.32 Å². The average Bonchev–Trinajstić information content (AvgIpc) is 0.711. The number of benzene rings is 10. The summed E-state index contributed by atoms with van der Waals surface area (Å²) in [5.41, 5.74) is -8.50. The highest BCUT2D eigenvalue weighted by atomic mass is 19.4. The highest BCUT2D eigenvalue weighted by molar-refractivity contribution is 5.35. The molecule has 5 N–H and O–H groups in total. The van der Waals surface area contributed by atoms with E-state index in [1.807, 2.05) is 5.32 Å². The molecule has 0 radical (unpaired) electrons. The van der Waals surface area contributed by atoms with Crippen molar-refractivity contribution in [1.29, 1.82) is 0 Å².